The van der Waals surface area contributed by atoms with Crippen LogP contribution in [0.2, 0.25) is 0 Å². The molecule has 2 N–H and O–H groups in total. The molecule has 110 valence electrons. The van der Waals surface area contributed by atoms with Gasteiger partial charge < -0.3 is 19.9 Å². The van der Waals surface area contributed by atoms with Crippen LogP contribution in [0.3, 0.4) is 0 Å². The van der Waals surface area contributed by atoms with E-state index in [4.69, 9.17) is 14.6 Å². The summed E-state index contributed by atoms with van der Waals surface area (Å²) in [5.74, 6) is 1.58. The minimum absolute atomic E-state index is 0.121. The quantitative estimate of drug-likeness (QED) is 0.855. The summed E-state index contributed by atoms with van der Waals surface area (Å²) in [7, 11) is 0. The molecule has 0 bridgehead atoms. The van der Waals surface area contributed by atoms with Gasteiger partial charge in [0.15, 0.2) is 11.5 Å². The number of hydrogen-bond donors (Lipinski definition) is 2. The summed E-state index contributed by atoms with van der Waals surface area (Å²) in [5.41, 5.74) is 2.39. The molecule has 1 aliphatic rings. The summed E-state index contributed by atoms with van der Waals surface area (Å²) < 4.78 is 10.8. The van der Waals surface area contributed by atoms with E-state index < -0.39 is 0 Å². The van der Waals surface area contributed by atoms with E-state index in [0.717, 1.165) is 23.5 Å². The van der Waals surface area contributed by atoms with Crippen LogP contribution in [-0.4, -0.2) is 25.1 Å². The number of hydrogen-bond acceptors (Lipinski definition) is 4. The van der Waals surface area contributed by atoms with Crippen LogP contribution < -0.4 is 14.8 Å². The number of ether oxygens (including phenoxy) is 2. The largest absolute Gasteiger partial charge is 0.454 e. The molecule has 2 aromatic carbocycles. The monoisotopic (exact) mass is 285 g/mol. The molecule has 0 aliphatic carbocycles. The smallest absolute Gasteiger partial charge is 0.231 e. The lowest BCUT2D eigenvalue weighted by molar-refractivity contribution is 0.174. The Labute approximate surface area is 124 Å². The molecule has 4 nitrogen and oxygen atoms in total. The maximum Gasteiger partial charge on any atom is 0.231 e. The fraction of sp³-hybridized carbons (Fsp3) is 0.294. The molecular formula is C17H19NO3. The highest BCUT2D eigenvalue weighted by Gasteiger charge is 2.18. The molecule has 3 rings (SSSR count). The van der Waals surface area contributed by atoms with E-state index in [2.05, 4.69) is 17.4 Å². The summed E-state index contributed by atoms with van der Waals surface area (Å²) in [6.07, 6.45) is 0.862. The second-order valence-electron chi connectivity index (χ2n) is 5.03. The molecule has 0 spiro atoms. The Morgan fingerprint density at radius 1 is 1.05 bits per heavy atom. The molecule has 0 unspecified atom stereocenters. The van der Waals surface area contributed by atoms with Crippen LogP contribution >= 0.6 is 0 Å². The fourth-order valence-electron chi connectivity index (χ4n) is 2.53. The van der Waals surface area contributed by atoms with Gasteiger partial charge in [0.25, 0.3) is 0 Å². The van der Waals surface area contributed by atoms with Crippen molar-refractivity contribution >= 4 is 0 Å². The zero-order valence-corrected chi connectivity index (χ0v) is 11.8. The molecule has 4 heteroatoms. The lowest BCUT2D eigenvalue weighted by Gasteiger charge is -2.19. The van der Waals surface area contributed by atoms with Crippen LogP contribution in [-0.2, 0) is 6.42 Å². The average Bonchev–Trinajstić information content (AvgIpc) is 3.00. The van der Waals surface area contributed by atoms with Crippen molar-refractivity contribution in [2.24, 2.45) is 0 Å². The van der Waals surface area contributed by atoms with Crippen LogP contribution in [0.25, 0.3) is 0 Å². The molecule has 0 radical (unpaired) electrons. The lowest BCUT2D eigenvalue weighted by atomic mass is 9.98. The van der Waals surface area contributed by atoms with Gasteiger partial charge in [-0.15, -0.1) is 0 Å². The Kier molecular flexibility index (Phi) is 4.38. The van der Waals surface area contributed by atoms with Gasteiger partial charge in [-0.1, -0.05) is 36.4 Å². The Morgan fingerprint density at radius 3 is 2.67 bits per heavy atom. The summed E-state index contributed by atoms with van der Waals surface area (Å²) in [6, 6.07) is 16.5. The van der Waals surface area contributed by atoms with Gasteiger partial charge in [-0.25, -0.2) is 0 Å². The van der Waals surface area contributed by atoms with Crippen molar-refractivity contribution in [3.8, 4) is 11.5 Å². The first-order chi connectivity index (χ1) is 10.4. The Balaban J connectivity index is 1.81. The fourth-order valence-corrected chi connectivity index (χ4v) is 2.53. The van der Waals surface area contributed by atoms with Gasteiger partial charge in [-0.05, 0) is 29.7 Å². The highest BCUT2D eigenvalue weighted by atomic mass is 16.7. The van der Waals surface area contributed by atoms with Crippen LogP contribution in [0.4, 0.5) is 0 Å². The van der Waals surface area contributed by atoms with Crippen LogP contribution in [0.15, 0.2) is 48.5 Å². The van der Waals surface area contributed by atoms with E-state index in [1.165, 1.54) is 5.56 Å². The van der Waals surface area contributed by atoms with E-state index in [-0.39, 0.29) is 19.4 Å². The van der Waals surface area contributed by atoms with Gasteiger partial charge >= 0.3 is 0 Å². The summed E-state index contributed by atoms with van der Waals surface area (Å²) >= 11 is 0. The zero-order valence-electron chi connectivity index (χ0n) is 11.8. The first-order valence-electron chi connectivity index (χ1n) is 7.14. The summed E-state index contributed by atoms with van der Waals surface area (Å²) in [4.78, 5) is 0. The molecule has 1 atom stereocenters. The normalized spacial score (nSPS) is 14.1. The summed E-state index contributed by atoms with van der Waals surface area (Å²) in [5, 5.41) is 12.5. The van der Waals surface area contributed by atoms with Crippen molar-refractivity contribution in [3.05, 3.63) is 59.7 Å². The van der Waals surface area contributed by atoms with Gasteiger partial charge in [-0.3, -0.25) is 0 Å². The molecule has 0 fully saturated rings. The highest BCUT2D eigenvalue weighted by Crippen LogP contribution is 2.34. The molecule has 0 aromatic heterocycles. The first-order valence-corrected chi connectivity index (χ1v) is 7.14. The second-order valence-corrected chi connectivity index (χ2v) is 5.03. The highest BCUT2D eigenvalue weighted by molar-refractivity contribution is 5.45. The van der Waals surface area contributed by atoms with Gasteiger partial charge in [0.2, 0.25) is 6.79 Å². The number of nitrogens with one attached hydrogen (secondary N) is 1. The van der Waals surface area contributed by atoms with E-state index >= 15 is 0 Å². The molecule has 0 saturated heterocycles. The summed E-state index contributed by atoms with van der Waals surface area (Å²) in [6.45, 7) is 0.966. The third-order valence-corrected chi connectivity index (χ3v) is 3.58. The maximum atomic E-state index is 9.08. The molecule has 0 saturated carbocycles. The zero-order chi connectivity index (χ0) is 14.5. The first kappa shape index (κ1) is 13.9. The van der Waals surface area contributed by atoms with Crippen molar-refractivity contribution in [2.45, 2.75) is 12.5 Å². The minimum atomic E-state index is 0.121. The molecule has 0 amide bonds. The average molecular weight is 285 g/mol. The third-order valence-electron chi connectivity index (χ3n) is 3.58. The second kappa shape index (κ2) is 6.61. The molecular weight excluding hydrogens is 266 g/mol. The van der Waals surface area contributed by atoms with Gasteiger partial charge in [0.1, 0.15) is 0 Å². The van der Waals surface area contributed by atoms with E-state index in [1.807, 2.05) is 36.4 Å². The van der Waals surface area contributed by atoms with Gasteiger partial charge in [0.05, 0.1) is 6.61 Å². The van der Waals surface area contributed by atoms with Gasteiger partial charge in [0, 0.05) is 12.6 Å². The number of fused-ring (bicyclic) bond motifs is 1. The topological polar surface area (TPSA) is 50.7 Å². The molecule has 2 aromatic rings. The number of benzene rings is 2. The van der Waals surface area contributed by atoms with Crippen LogP contribution in [0.1, 0.15) is 17.2 Å². The standard InChI is InChI=1S/C17H19NO3/c19-9-8-18-15(10-13-4-2-1-3-5-13)14-6-7-16-17(11-14)21-12-20-16/h1-7,11,15,18-19H,8-10,12H2/t15-/m1/s1. The number of rotatable bonds is 6. The van der Waals surface area contributed by atoms with Crippen molar-refractivity contribution in [1.29, 1.82) is 0 Å². The van der Waals surface area contributed by atoms with E-state index in [9.17, 15) is 0 Å². The Bertz CT molecular complexity index is 586. The lowest BCUT2D eigenvalue weighted by Crippen LogP contribution is -2.26. The third kappa shape index (κ3) is 3.35. The van der Waals surface area contributed by atoms with Crippen molar-refractivity contribution in [1.82, 2.24) is 5.32 Å². The van der Waals surface area contributed by atoms with Crippen LogP contribution in [0.5, 0.6) is 11.5 Å². The predicted octanol–water partition coefficient (Wildman–Crippen LogP) is 2.28. The minimum Gasteiger partial charge on any atom is -0.454 e. The Morgan fingerprint density at radius 2 is 1.86 bits per heavy atom. The number of aliphatic hydroxyl groups is 1. The van der Waals surface area contributed by atoms with Crippen LogP contribution in [0, 0.1) is 0 Å². The Hall–Kier alpha value is -2.04. The number of aliphatic hydroxyl groups excluding tert-OH is 1. The molecule has 1 heterocycles. The SMILES string of the molecule is OCCN[C@H](Cc1ccccc1)c1ccc2c(c1)OCO2. The maximum absolute atomic E-state index is 9.08. The predicted molar refractivity (Wildman–Crippen MR) is 80.5 cm³/mol. The van der Waals surface area contributed by atoms with E-state index in [1.54, 1.807) is 0 Å². The van der Waals surface area contributed by atoms with Crippen molar-refractivity contribution in [3.63, 3.8) is 0 Å². The molecule has 1 aliphatic heterocycles. The van der Waals surface area contributed by atoms with E-state index in [0.29, 0.717) is 6.54 Å². The van der Waals surface area contributed by atoms with Gasteiger partial charge in [-0.2, -0.15) is 0 Å². The molecule has 21 heavy (non-hydrogen) atoms. The van der Waals surface area contributed by atoms with Crippen molar-refractivity contribution in [2.75, 3.05) is 19.9 Å². The van der Waals surface area contributed by atoms with Crippen molar-refractivity contribution < 1.29 is 14.6 Å².